The Labute approximate surface area is 127 Å². The molecule has 0 radical (unpaired) electrons. The van der Waals surface area contributed by atoms with E-state index >= 15 is 0 Å². The summed E-state index contributed by atoms with van der Waals surface area (Å²) in [5.41, 5.74) is 2.34. The van der Waals surface area contributed by atoms with Crippen LogP contribution in [-0.4, -0.2) is 22.2 Å². The monoisotopic (exact) mass is 335 g/mol. The Morgan fingerprint density at radius 1 is 1.30 bits per heavy atom. The molecular formula is C15H18BrN3O. The van der Waals surface area contributed by atoms with E-state index in [0.29, 0.717) is 0 Å². The number of hydrogen-bond acceptors (Lipinski definition) is 3. The zero-order valence-electron chi connectivity index (χ0n) is 11.7. The van der Waals surface area contributed by atoms with Crippen molar-refractivity contribution in [3.63, 3.8) is 0 Å². The van der Waals surface area contributed by atoms with Gasteiger partial charge in [-0.05, 0) is 54.0 Å². The number of hydrogen-bond donors (Lipinski definition) is 1. The van der Waals surface area contributed by atoms with Gasteiger partial charge in [0.15, 0.2) is 0 Å². The highest BCUT2D eigenvalue weighted by Gasteiger charge is 2.19. The van der Waals surface area contributed by atoms with Crippen LogP contribution >= 0.6 is 15.9 Å². The van der Waals surface area contributed by atoms with Gasteiger partial charge in [0.1, 0.15) is 16.2 Å². The fourth-order valence-corrected chi connectivity index (χ4v) is 2.96. The second kappa shape index (κ2) is 5.58. The summed E-state index contributed by atoms with van der Waals surface area (Å²) in [6, 6.07) is 8.15. The normalized spacial score (nSPS) is 14.4. The van der Waals surface area contributed by atoms with Crippen LogP contribution in [0.2, 0.25) is 0 Å². The summed E-state index contributed by atoms with van der Waals surface area (Å²) in [7, 11) is 0. The molecule has 1 aliphatic rings. The Morgan fingerprint density at radius 2 is 2.05 bits per heavy atom. The quantitative estimate of drug-likeness (QED) is 0.936. The lowest BCUT2D eigenvalue weighted by Crippen LogP contribution is -2.28. The molecular weight excluding hydrogens is 318 g/mol. The number of nitrogens with zero attached hydrogens (tertiary/aromatic N) is 2. The standard InChI is InChI=1S/C15H18BrN3O/c1-10(2)20-12-5-3-11(4-6-12)15-18-14(16)13-9-17-7-8-19(13)15/h3-6,10,17H,7-9H2,1-2H3. The minimum atomic E-state index is 0.195. The van der Waals surface area contributed by atoms with Gasteiger partial charge in [-0.25, -0.2) is 4.98 Å². The van der Waals surface area contributed by atoms with Gasteiger partial charge >= 0.3 is 0 Å². The number of fused-ring (bicyclic) bond motifs is 1. The molecule has 106 valence electrons. The van der Waals surface area contributed by atoms with Gasteiger partial charge in [0.05, 0.1) is 11.8 Å². The molecule has 0 saturated carbocycles. The van der Waals surface area contributed by atoms with Gasteiger partial charge in [-0.3, -0.25) is 0 Å². The predicted octanol–water partition coefficient (Wildman–Crippen LogP) is 3.20. The lowest BCUT2D eigenvalue weighted by Gasteiger charge is -2.18. The molecule has 0 atom stereocenters. The molecule has 1 aromatic carbocycles. The first-order chi connectivity index (χ1) is 9.65. The van der Waals surface area contributed by atoms with E-state index in [1.54, 1.807) is 0 Å². The van der Waals surface area contributed by atoms with Crippen LogP contribution in [0.15, 0.2) is 28.9 Å². The maximum Gasteiger partial charge on any atom is 0.141 e. The van der Waals surface area contributed by atoms with Crippen LogP contribution in [0.3, 0.4) is 0 Å². The third-order valence-corrected chi connectivity index (χ3v) is 3.95. The van der Waals surface area contributed by atoms with Gasteiger partial charge in [0.2, 0.25) is 0 Å². The number of ether oxygens (including phenoxy) is 1. The van der Waals surface area contributed by atoms with Gasteiger partial charge < -0.3 is 14.6 Å². The first kappa shape index (κ1) is 13.6. The molecule has 4 nitrogen and oxygen atoms in total. The van der Waals surface area contributed by atoms with Crippen molar-refractivity contribution in [3.05, 3.63) is 34.6 Å². The number of nitrogens with one attached hydrogen (secondary N) is 1. The first-order valence-electron chi connectivity index (χ1n) is 6.88. The topological polar surface area (TPSA) is 39.1 Å². The summed E-state index contributed by atoms with van der Waals surface area (Å²) in [4.78, 5) is 4.65. The molecule has 1 N–H and O–H groups in total. The zero-order valence-corrected chi connectivity index (χ0v) is 13.3. The smallest absolute Gasteiger partial charge is 0.141 e. The summed E-state index contributed by atoms with van der Waals surface area (Å²) in [6.07, 6.45) is 0.195. The van der Waals surface area contributed by atoms with Crippen LogP contribution < -0.4 is 10.1 Å². The van der Waals surface area contributed by atoms with Crippen molar-refractivity contribution in [3.8, 4) is 17.1 Å². The van der Waals surface area contributed by atoms with E-state index in [2.05, 4.69) is 42.9 Å². The van der Waals surface area contributed by atoms with Gasteiger partial charge in [0.25, 0.3) is 0 Å². The number of imidazole rings is 1. The lowest BCUT2D eigenvalue weighted by atomic mass is 10.2. The van der Waals surface area contributed by atoms with Crippen LogP contribution in [0.4, 0.5) is 0 Å². The second-order valence-corrected chi connectivity index (χ2v) is 5.94. The van der Waals surface area contributed by atoms with Gasteiger partial charge in [-0.1, -0.05) is 0 Å². The van der Waals surface area contributed by atoms with Crippen LogP contribution in [-0.2, 0) is 13.1 Å². The SMILES string of the molecule is CC(C)Oc1ccc(-c2nc(Br)c3n2CCNC3)cc1. The first-order valence-corrected chi connectivity index (χ1v) is 7.67. The molecule has 0 unspecified atom stereocenters. The largest absolute Gasteiger partial charge is 0.491 e. The van der Waals surface area contributed by atoms with Gasteiger partial charge in [0, 0.05) is 25.2 Å². The van der Waals surface area contributed by atoms with Crippen molar-refractivity contribution in [2.45, 2.75) is 33.0 Å². The molecule has 0 fully saturated rings. The Kier molecular flexibility index (Phi) is 3.81. The summed E-state index contributed by atoms with van der Waals surface area (Å²) in [5, 5.41) is 3.37. The Hall–Kier alpha value is -1.33. The maximum atomic E-state index is 5.68. The summed E-state index contributed by atoms with van der Waals surface area (Å²) < 4.78 is 8.89. The average Bonchev–Trinajstić information content (AvgIpc) is 2.77. The van der Waals surface area contributed by atoms with E-state index in [4.69, 9.17) is 4.74 Å². The molecule has 1 aromatic heterocycles. The highest BCUT2D eigenvalue weighted by atomic mass is 79.9. The molecule has 2 heterocycles. The minimum Gasteiger partial charge on any atom is -0.491 e. The molecule has 0 bridgehead atoms. The molecule has 5 heteroatoms. The number of rotatable bonds is 3. The van der Waals surface area contributed by atoms with Gasteiger partial charge in [-0.15, -0.1) is 0 Å². The van der Waals surface area contributed by atoms with E-state index in [9.17, 15) is 0 Å². The van der Waals surface area contributed by atoms with Crippen molar-refractivity contribution in [2.24, 2.45) is 0 Å². The molecule has 0 amide bonds. The van der Waals surface area contributed by atoms with E-state index in [0.717, 1.165) is 41.4 Å². The number of aromatic nitrogens is 2. The Bertz CT molecular complexity index is 604. The van der Waals surface area contributed by atoms with Crippen LogP contribution in [0.1, 0.15) is 19.5 Å². The predicted molar refractivity (Wildman–Crippen MR) is 82.8 cm³/mol. The van der Waals surface area contributed by atoms with Crippen molar-refractivity contribution < 1.29 is 4.74 Å². The fraction of sp³-hybridized carbons (Fsp3) is 0.400. The van der Waals surface area contributed by atoms with Gasteiger partial charge in [-0.2, -0.15) is 0 Å². The highest BCUT2D eigenvalue weighted by Crippen LogP contribution is 2.28. The summed E-state index contributed by atoms with van der Waals surface area (Å²) in [6.45, 7) is 6.86. The highest BCUT2D eigenvalue weighted by molar-refractivity contribution is 9.10. The Balaban J connectivity index is 1.93. The second-order valence-electron chi connectivity index (χ2n) is 5.19. The molecule has 3 rings (SSSR count). The average molecular weight is 336 g/mol. The molecule has 20 heavy (non-hydrogen) atoms. The summed E-state index contributed by atoms with van der Waals surface area (Å²) in [5.74, 6) is 1.92. The lowest BCUT2D eigenvalue weighted by molar-refractivity contribution is 0.242. The summed E-state index contributed by atoms with van der Waals surface area (Å²) >= 11 is 3.55. The molecule has 0 saturated heterocycles. The van der Waals surface area contributed by atoms with Crippen LogP contribution in [0.25, 0.3) is 11.4 Å². The fourth-order valence-electron chi connectivity index (χ4n) is 2.44. The number of halogens is 1. The van der Waals surface area contributed by atoms with Crippen molar-refractivity contribution in [1.29, 1.82) is 0 Å². The van der Waals surface area contributed by atoms with E-state index in [-0.39, 0.29) is 6.10 Å². The molecule has 0 aliphatic carbocycles. The third-order valence-electron chi connectivity index (χ3n) is 3.31. The molecule has 2 aromatic rings. The molecule has 0 spiro atoms. The minimum absolute atomic E-state index is 0.195. The van der Waals surface area contributed by atoms with Crippen molar-refractivity contribution in [1.82, 2.24) is 14.9 Å². The van der Waals surface area contributed by atoms with Crippen LogP contribution in [0.5, 0.6) is 5.75 Å². The third kappa shape index (κ3) is 2.60. The van der Waals surface area contributed by atoms with E-state index in [1.807, 2.05) is 26.0 Å². The van der Waals surface area contributed by atoms with Crippen molar-refractivity contribution >= 4 is 15.9 Å². The van der Waals surface area contributed by atoms with E-state index < -0.39 is 0 Å². The Morgan fingerprint density at radius 3 is 2.75 bits per heavy atom. The molecule has 1 aliphatic heterocycles. The van der Waals surface area contributed by atoms with Crippen molar-refractivity contribution in [2.75, 3.05) is 6.54 Å². The number of benzene rings is 1. The maximum absolute atomic E-state index is 5.68. The van der Waals surface area contributed by atoms with E-state index in [1.165, 1.54) is 5.69 Å². The van der Waals surface area contributed by atoms with Crippen LogP contribution in [0, 0.1) is 0 Å². The zero-order chi connectivity index (χ0) is 14.1.